The lowest BCUT2D eigenvalue weighted by Crippen LogP contribution is -2.49. The van der Waals surface area contributed by atoms with Gasteiger partial charge >= 0.3 is 18.2 Å². The quantitative estimate of drug-likeness (QED) is 0.747. The fourth-order valence-corrected chi connectivity index (χ4v) is 3.74. The Morgan fingerprint density at radius 1 is 0.889 bits per heavy atom. The standard InChI is InChI=1S/C19H32N2O6/c1-17(2,3)26-15(24)20-9-7-19(8-10-20)12-21(11-13(19)14(22)23)16(25)27-18(4,5)6/h13H,7-12H2,1-6H3,(H,22,23). The van der Waals surface area contributed by atoms with Gasteiger partial charge < -0.3 is 24.4 Å². The zero-order valence-corrected chi connectivity index (χ0v) is 17.2. The highest BCUT2D eigenvalue weighted by atomic mass is 16.6. The SMILES string of the molecule is CC(C)(C)OC(=O)N1CCC2(CC1)CN(C(=O)OC(C)(C)C)CC2C(=O)O. The molecule has 2 aliphatic rings. The predicted octanol–water partition coefficient (Wildman–Crippen LogP) is 2.96. The molecule has 8 nitrogen and oxygen atoms in total. The molecule has 0 aromatic heterocycles. The predicted molar refractivity (Wildman–Crippen MR) is 98.4 cm³/mol. The lowest BCUT2D eigenvalue weighted by Gasteiger charge is -2.41. The number of carboxylic acids is 1. The minimum Gasteiger partial charge on any atom is -0.481 e. The van der Waals surface area contributed by atoms with E-state index in [4.69, 9.17) is 9.47 Å². The van der Waals surface area contributed by atoms with Crippen LogP contribution in [0.1, 0.15) is 54.4 Å². The Hall–Kier alpha value is -1.99. The first-order valence-corrected chi connectivity index (χ1v) is 9.41. The molecule has 154 valence electrons. The summed E-state index contributed by atoms with van der Waals surface area (Å²) in [6.07, 6.45) is 0.164. The number of carbonyl (C=O) groups is 3. The van der Waals surface area contributed by atoms with E-state index < -0.39 is 34.6 Å². The van der Waals surface area contributed by atoms with E-state index in [1.807, 2.05) is 20.8 Å². The molecule has 2 fully saturated rings. The van der Waals surface area contributed by atoms with Crippen LogP contribution in [0.25, 0.3) is 0 Å². The van der Waals surface area contributed by atoms with Crippen molar-refractivity contribution in [2.24, 2.45) is 11.3 Å². The van der Waals surface area contributed by atoms with Crippen molar-refractivity contribution >= 4 is 18.2 Å². The van der Waals surface area contributed by atoms with Crippen LogP contribution in [0.3, 0.4) is 0 Å². The van der Waals surface area contributed by atoms with Crippen LogP contribution in [0.5, 0.6) is 0 Å². The number of carbonyl (C=O) groups excluding carboxylic acids is 2. The van der Waals surface area contributed by atoms with Gasteiger partial charge in [0.25, 0.3) is 0 Å². The number of nitrogens with zero attached hydrogens (tertiary/aromatic N) is 2. The maximum Gasteiger partial charge on any atom is 0.410 e. The van der Waals surface area contributed by atoms with Gasteiger partial charge in [-0.1, -0.05) is 0 Å². The van der Waals surface area contributed by atoms with Crippen molar-refractivity contribution in [3.8, 4) is 0 Å². The summed E-state index contributed by atoms with van der Waals surface area (Å²) in [6, 6.07) is 0. The summed E-state index contributed by atoms with van der Waals surface area (Å²) >= 11 is 0. The number of aliphatic carboxylic acids is 1. The minimum absolute atomic E-state index is 0.136. The highest BCUT2D eigenvalue weighted by Crippen LogP contribution is 2.45. The van der Waals surface area contributed by atoms with Gasteiger partial charge in [-0.05, 0) is 54.4 Å². The second-order valence-electron chi connectivity index (χ2n) is 9.58. The first-order valence-electron chi connectivity index (χ1n) is 9.41. The molecule has 2 heterocycles. The summed E-state index contributed by atoms with van der Waals surface area (Å²) in [6.45, 7) is 12.1. The molecule has 8 heteroatoms. The van der Waals surface area contributed by atoms with E-state index in [-0.39, 0.29) is 12.6 Å². The third-order valence-corrected chi connectivity index (χ3v) is 5.01. The van der Waals surface area contributed by atoms with Gasteiger partial charge in [0.2, 0.25) is 0 Å². The number of carboxylic acid groups (broad SMARTS) is 1. The summed E-state index contributed by atoms with van der Waals surface area (Å²) in [5, 5.41) is 9.71. The molecule has 0 bridgehead atoms. The fraction of sp³-hybridized carbons (Fsp3) is 0.842. The summed E-state index contributed by atoms with van der Waals surface area (Å²) < 4.78 is 10.8. The van der Waals surface area contributed by atoms with Crippen molar-refractivity contribution in [2.45, 2.75) is 65.6 Å². The topological polar surface area (TPSA) is 96.4 Å². The average Bonchev–Trinajstić information content (AvgIpc) is 2.84. The van der Waals surface area contributed by atoms with E-state index in [1.165, 1.54) is 4.90 Å². The first kappa shape index (κ1) is 21.3. The Morgan fingerprint density at radius 3 is 1.74 bits per heavy atom. The Kier molecular flexibility index (Phi) is 5.69. The van der Waals surface area contributed by atoms with Crippen molar-refractivity contribution in [1.29, 1.82) is 0 Å². The van der Waals surface area contributed by atoms with Gasteiger partial charge in [0.1, 0.15) is 11.2 Å². The Morgan fingerprint density at radius 2 is 1.33 bits per heavy atom. The van der Waals surface area contributed by atoms with Gasteiger partial charge in [0, 0.05) is 31.6 Å². The molecular formula is C19H32N2O6. The summed E-state index contributed by atoms with van der Waals surface area (Å²) in [7, 11) is 0. The third kappa shape index (κ3) is 5.26. The van der Waals surface area contributed by atoms with Gasteiger partial charge in [0.05, 0.1) is 5.92 Å². The van der Waals surface area contributed by atoms with Crippen LogP contribution in [0.15, 0.2) is 0 Å². The van der Waals surface area contributed by atoms with Crippen molar-refractivity contribution < 1.29 is 29.0 Å². The third-order valence-electron chi connectivity index (χ3n) is 5.01. The number of rotatable bonds is 1. The van der Waals surface area contributed by atoms with Gasteiger partial charge in [0.15, 0.2) is 0 Å². The van der Waals surface area contributed by atoms with Gasteiger partial charge in [-0.15, -0.1) is 0 Å². The number of likely N-dealkylation sites (tertiary alicyclic amines) is 2. The van der Waals surface area contributed by atoms with Crippen molar-refractivity contribution in [2.75, 3.05) is 26.2 Å². The summed E-state index contributed by atoms with van der Waals surface area (Å²) in [4.78, 5) is 39.6. The van der Waals surface area contributed by atoms with Crippen LogP contribution in [-0.2, 0) is 14.3 Å². The van der Waals surface area contributed by atoms with Crippen molar-refractivity contribution in [3.05, 3.63) is 0 Å². The molecule has 0 aromatic rings. The molecule has 2 saturated heterocycles. The monoisotopic (exact) mass is 384 g/mol. The van der Waals surface area contributed by atoms with Crippen LogP contribution in [0, 0.1) is 11.3 Å². The minimum atomic E-state index is -0.910. The molecule has 1 N–H and O–H groups in total. The molecule has 0 aromatic carbocycles. The molecule has 1 unspecified atom stereocenters. The molecule has 27 heavy (non-hydrogen) atoms. The highest BCUT2D eigenvalue weighted by Gasteiger charge is 2.53. The fourth-order valence-electron chi connectivity index (χ4n) is 3.74. The van der Waals surface area contributed by atoms with Crippen LogP contribution >= 0.6 is 0 Å². The van der Waals surface area contributed by atoms with Crippen LogP contribution in [0.2, 0.25) is 0 Å². The van der Waals surface area contributed by atoms with E-state index in [1.54, 1.807) is 25.7 Å². The van der Waals surface area contributed by atoms with E-state index in [0.717, 1.165) is 0 Å². The van der Waals surface area contributed by atoms with Crippen LogP contribution in [-0.4, -0.2) is 70.4 Å². The number of hydrogen-bond acceptors (Lipinski definition) is 5. The van der Waals surface area contributed by atoms with Crippen molar-refractivity contribution in [3.63, 3.8) is 0 Å². The number of amides is 2. The lowest BCUT2D eigenvalue weighted by atomic mass is 9.71. The zero-order valence-electron chi connectivity index (χ0n) is 17.2. The van der Waals surface area contributed by atoms with E-state index in [9.17, 15) is 19.5 Å². The average molecular weight is 384 g/mol. The second-order valence-corrected chi connectivity index (χ2v) is 9.58. The normalized spacial score (nSPS) is 22.7. The smallest absolute Gasteiger partial charge is 0.410 e. The second kappa shape index (κ2) is 7.20. The molecule has 1 atom stereocenters. The molecule has 2 rings (SSSR count). The largest absolute Gasteiger partial charge is 0.481 e. The van der Waals surface area contributed by atoms with Gasteiger partial charge in [-0.2, -0.15) is 0 Å². The van der Waals surface area contributed by atoms with Gasteiger partial charge in [-0.25, -0.2) is 9.59 Å². The molecule has 2 amide bonds. The lowest BCUT2D eigenvalue weighted by molar-refractivity contribution is -0.145. The number of ether oxygens (including phenoxy) is 2. The maximum absolute atomic E-state index is 12.4. The number of hydrogen-bond donors (Lipinski definition) is 1. The maximum atomic E-state index is 12.4. The Labute approximate surface area is 160 Å². The highest BCUT2D eigenvalue weighted by molar-refractivity contribution is 5.76. The van der Waals surface area contributed by atoms with E-state index in [0.29, 0.717) is 32.5 Å². The molecule has 1 spiro atoms. The molecule has 0 radical (unpaired) electrons. The Bertz CT molecular complexity index is 596. The summed E-state index contributed by atoms with van der Waals surface area (Å²) in [5.41, 5.74) is -1.75. The molecule has 2 aliphatic heterocycles. The van der Waals surface area contributed by atoms with E-state index in [2.05, 4.69) is 0 Å². The zero-order chi connectivity index (χ0) is 20.6. The van der Waals surface area contributed by atoms with Crippen LogP contribution < -0.4 is 0 Å². The van der Waals surface area contributed by atoms with Gasteiger partial charge in [-0.3, -0.25) is 4.79 Å². The number of piperidine rings is 1. The summed E-state index contributed by atoms with van der Waals surface area (Å²) in [5.74, 6) is -1.57. The molecule has 0 saturated carbocycles. The van der Waals surface area contributed by atoms with Crippen molar-refractivity contribution in [1.82, 2.24) is 9.80 Å². The Balaban J connectivity index is 2.06. The molecular weight excluding hydrogens is 352 g/mol. The van der Waals surface area contributed by atoms with E-state index >= 15 is 0 Å². The molecule has 0 aliphatic carbocycles. The first-order chi connectivity index (χ1) is 12.2. The van der Waals surface area contributed by atoms with Crippen LogP contribution in [0.4, 0.5) is 9.59 Å².